The highest BCUT2D eigenvalue weighted by molar-refractivity contribution is 5.94. The van der Waals surface area contributed by atoms with Crippen LogP contribution in [0.3, 0.4) is 0 Å². The zero-order chi connectivity index (χ0) is 13.2. The van der Waals surface area contributed by atoms with Gasteiger partial charge in [-0.15, -0.1) is 0 Å². The van der Waals surface area contributed by atoms with Gasteiger partial charge in [-0.05, 0) is 56.5 Å². The van der Waals surface area contributed by atoms with Crippen LogP contribution in [0.25, 0.3) is 0 Å². The van der Waals surface area contributed by atoms with Gasteiger partial charge in [-0.1, -0.05) is 0 Å². The lowest BCUT2D eigenvalue weighted by atomic mass is 9.99. The topological polar surface area (TPSA) is 47.6 Å². The third-order valence-corrected chi connectivity index (χ3v) is 4.05. The van der Waals surface area contributed by atoms with E-state index >= 15 is 0 Å². The minimum atomic E-state index is -0.219. The second-order valence-electron chi connectivity index (χ2n) is 5.30. The van der Waals surface area contributed by atoms with Crippen LogP contribution in [0.2, 0.25) is 0 Å². The number of carbonyl (C=O) groups is 1. The van der Waals surface area contributed by atoms with Gasteiger partial charge >= 0.3 is 5.97 Å². The Kier molecular flexibility index (Phi) is 3.42. The number of rotatable bonds is 3. The molecule has 2 aliphatic rings. The molecule has 1 saturated heterocycles. The minimum absolute atomic E-state index is 0.219. The van der Waals surface area contributed by atoms with Gasteiger partial charge in [-0.3, -0.25) is 0 Å². The summed E-state index contributed by atoms with van der Waals surface area (Å²) in [5.41, 5.74) is 2.71. The highest BCUT2D eigenvalue weighted by Gasteiger charge is 2.24. The SMILES string of the molecule is Cc1c(OCC2CCNCC2)ccc2c1COC2=O. The number of esters is 1. The van der Waals surface area contributed by atoms with Gasteiger partial charge in [0.15, 0.2) is 0 Å². The van der Waals surface area contributed by atoms with Crippen molar-refractivity contribution < 1.29 is 14.3 Å². The maximum absolute atomic E-state index is 11.5. The molecule has 0 amide bonds. The number of nitrogens with one attached hydrogen (secondary N) is 1. The van der Waals surface area contributed by atoms with Crippen LogP contribution in [0.1, 0.15) is 34.3 Å². The summed E-state index contributed by atoms with van der Waals surface area (Å²) in [6.45, 7) is 5.30. The first kappa shape index (κ1) is 12.5. The van der Waals surface area contributed by atoms with Crippen LogP contribution in [0.5, 0.6) is 5.75 Å². The number of hydrogen-bond donors (Lipinski definition) is 1. The predicted molar refractivity (Wildman–Crippen MR) is 71.4 cm³/mol. The van der Waals surface area contributed by atoms with E-state index in [4.69, 9.17) is 9.47 Å². The van der Waals surface area contributed by atoms with Crippen molar-refractivity contribution in [3.05, 3.63) is 28.8 Å². The number of hydrogen-bond acceptors (Lipinski definition) is 4. The lowest BCUT2D eigenvalue weighted by Gasteiger charge is -2.23. The molecule has 2 heterocycles. The van der Waals surface area contributed by atoms with Gasteiger partial charge in [0, 0.05) is 5.56 Å². The van der Waals surface area contributed by atoms with Crippen LogP contribution >= 0.6 is 0 Å². The van der Waals surface area contributed by atoms with Gasteiger partial charge in [-0.25, -0.2) is 4.79 Å². The Balaban J connectivity index is 1.70. The molecule has 0 radical (unpaired) electrons. The van der Waals surface area contributed by atoms with Crippen molar-refractivity contribution in [1.82, 2.24) is 5.32 Å². The van der Waals surface area contributed by atoms with Gasteiger partial charge in [0.05, 0.1) is 12.2 Å². The van der Waals surface area contributed by atoms with Crippen molar-refractivity contribution in [3.63, 3.8) is 0 Å². The van der Waals surface area contributed by atoms with Crippen LogP contribution < -0.4 is 10.1 Å². The van der Waals surface area contributed by atoms with Crippen molar-refractivity contribution in [2.45, 2.75) is 26.4 Å². The molecular weight excluding hydrogens is 242 g/mol. The van der Waals surface area contributed by atoms with Crippen LogP contribution in [-0.2, 0) is 11.3 Å². The van der Waals surface area contributed by atoms with E-state index in [-0.39, 0.29) is 5.97 Å². The summed E-state index contributed by atoms with van der Waals surface area (Å²) in [6, 6.07) is 3.71. The minimum Gasteiger partial charge on any atom is -0.493 e. The first-order valence-electron chi connectivity index (χ1n) is 6.89. The molecule has 3 rings (SSSR count). The van der Waals surface area contributed by atoms with Gasteiger partial charge in [0.1, 0.15) is 12.4 Å². The molecule has 0 aliphatic carbocycles. The van der Waals surface area contributed by atoms with Gasteiger partial charge in [0.25, 0.3) is 0 Å². The van der Waals surface area contributed by atoms with E-state index < -0.39 is 0 Å². The molecule has 0 unspecified atom stereocenters. The summed E-state index contributed by atoms with van der Waals surface area (Å²) in [5, 5.41) is 3.35. The Bertz CT molecular complexity index is 492. The fraction of sp³-hybridized carbons (Fsp3) is 0.533. The lowest BCUT2D eigenvalue weighted by Crippen LogP contribution is -2.30. The zero-order valence-electron chi connectivity index (χ0n) is 11.2. The van der Waals surface area contributed by atoms with E-state index in [1.165, 1.54) is 12.8 Å². The maximum atomic E-state index is 11.5. The van der Waals surface area contributed by atoms with E-state index in [0.717, 1.165) is 36.6 Å². The molecule has 2 aliphatic heterocycles. The number of ether oxygens (including phenoxy) is 2. The molecule has 0 saturated carbocycles. The third-order valence-electron chi connectivity index (χ3n) is 4.05. The summed E-state index contributed by atoms with van der Waals surface area (Å²) < 4.78 is 11.0. The van der Waals surface area contributed by atoms with Gasteiger partial charge < -0.3 is 14.8 Å². The average Bonchev–Trinajstić information content (AvgIpc) is 2.82. The zero-order valence-corrected chi connectivity index (χ0v) is 11.2. The largest absolute Gasteiger partial charge is 0.493 e. The summed E-state index contributed by atoms with van der Waals surface area (Å²) >= 11 is 0. The third kappa shape index (κ3) is 2.45. The summed E-state index contributed by atoms with van der Waals surface area (Å²) in [6.07, 6.45) is 2.34. The molecule has 1 fully saturated rings. The number of benzene rings is 1. The van der Waals surface area contributed by atoms with Crippen molar-refractivity contribution >= 4 is 5.97 Å². The second-order valence-corrected chi connectivity index (χ2v) is 5.30. The number of piperidine rings is 1. The Morgan fingerprint density at radius 1 is 1.37 bits per heavy atom. The molecule has 0 aromatic heterocycles. The fourth-order valence-corrected chi connectivity index (χ4v) is 2.74. The predicted octanol–water partition coefficient (Wildman–Crippen LogP) is 2.04. The van der Waals surface area contributed by atoms with E-state index in [2.05, 4.69) is 5.32 Å². The summed E-state index contributed by atoms with van der Waals surface area (Å²) in [7, 11) is 0. The highest BCUT2D eigenvalue weighted by Crippen LogP contribution is 2.30. The molecule has 102 valence electrons. The molecule has 0 atom stereocenters. The van der Waals surface area contributed by atoms with Gasteiger partial charge in [0.2, 0.25) is 0 Å². The number of cyclic esters (lactones) is 1. The van der Waals surface area contributed by atoms with E-state index in [1.807, 2.05) is 19.1 Å². The molecule has 0 bridgehead atoms. The maximum Gasteiger partial charge on any atom is 0.338 e. The molecule has 1 aromatic rings. The molecule has 0 spiro atoms. The quantitative estimate of drug-likeness (QED) is 0.846. The van der Waals surface area contributed by atoms with Crippen LogP contribution in [0.4, 0.5) is 0 Å². The first-order chi connectivity index (χ1) is 9.25. The number of fused-ring (bicyclic) bond motifs is 1. The summed E-state index contributed by atoms with van der Waals surface area (Å²) in [5.74, 6) is 1.30. The second kappa shape index (κ2) is 5.21. The highest BCUT2D eigenvalue weighted by atomic mass is 16.5. The fourth-order valence-electron chi connectivity index (χ4n) is 2.74. The molecule has 1 N–H and O–H groups in total. The smallest absolute Gasteiger partial charge is 0.338 e. The molecule has 4 heteroatoms. The lowest BCUT2D eigenvalue weighted by molar-refractivity contribution is 0.0535. The van der Waals surface area contributed by atoms with Crippen LogP contribution in [0, 0.1) is 12.8 Å². The van der Waals surface area contributed by atoms with E-state index in [0.29, 0.717) is 18.1 Å². The molecule has 1 aromatic carbocycles. The Labute approximate surface area is 113 Å². The number of carbonyl (C=O) groups excluding carboxylic acids is 1. The first-order valence-corrected chi connectivity index (χ1v) is 6.89. The Hall–Kier alpha value is -1.55. The van der Waals surface area contributed by atoms with E-state index in [1.54, 1.807) is 0 Å². The van der Waals surface area contributed by atoms with Gasteiger partial charge in [-0.2, -0.15) is 0 Å². The van der Waals surface area contributed by atoms with Crippen molar-refractivity contribution in [2.75, 3.05) is 19.7 Å². The monoisotopic (exact) mass is 261 g/mol. The van der Waals surface area contributed by atoms with Crippen molar-refractivity contribution in [2.24, 2.45) is 5.92 Å². The van der Waals surface area contributed by atoms with E-state index in [9.17, 15) is 4.79 Å². The van der Waals surface area contributed by atoms with Crippen LogP contribution in [0.15, 0.2) is 12.1 Å². The summed E-state index contributed by atoms with van der Waals surface area (Å²) in [4.78, 5) is 11.5. The molecular formula is C15H19NO3. The van der Waals surface area contributed by atoms with Crippen LogP contribution in [-0.4, -0.2) is 25.7 Å². The average molecular weight is 261 g/mol. The normalized spacial score (nSPS) is 19.1. The Morgan fingerprint density at radius 2 is 2.16 bits per heavy atom. The Morgan fingerprint density at radius 3 is 2.95 bits per heavy atom. The molecule has 4 nitrogen and oxygen atoms in total. The standard InChI is InChI=1S/C15H19NO3/c1-10-13-9-19-15(17)12(13)2-3-14(10)18-8-11-4-6-16-7-5-11/h2-3,11,16H,4-9H2,1H3. The van der Waals surface area contributed by atoms with Crippen molar-refractivity contribution in [1.29, 1.82) is 0 Å². The van der Waals surface area contributed by atoms with Crippen molar-refractivity contribution in [3.8, 4) is 5.75 Å². The molecule has 19 heavy (non-hydrogen) atoms.